The lowest BCUT2D eigenvalue weighted by molar-refractivity contribution is -0.140. The molecule has 0 aromatic heterocycles. The Morgan fingerprint density at radius 1 is 1.18 bits per heavy atom. The predicted octanol–water partition coefficient (Wildman–Crippen LogP) is 3.52. The molecule has 2 nitrogen and oxygen atoms in total. The van der Waals surface area contributed by atoms with Crippen LogP contribution in [0.5, 0.6) is 0 Å². The van der Waals surface area contributed by atoms with Crippen molar-refractivity contribution in [2.24, 2.45) is 0 Å². The fourth-order valence-electron chi connectivity index (χ4n) is 1.61. The first kappa shape index (κ1) is 13.5. The standard InChI is InChI=1S/C15H20O2/c1-17-15(16)13-9-4-2-3-6-10-14-11-7-5-8-12-14/h2,4-5,7-8,11-12H,3,6,9-10,13H2,1H3/b4-2+. The maximum atomic E-state index is 10.8. The van der Waals surface area contributed by atoms with Gasteiger partial charge in [0.1, 0.15) is 0 Å². The molecular formula is C15H20O2. The number of carbonyl (C=O) groups excluding carboxylic acids is 1. The Hall–Kier alpha value is -1.57. The van der Waals surface area contributed by atoms with Gasteiger partial charge >= 0.3 is 5.97 Å². The number of unbranched alkanes of at least 4 members (excludes halogenated alkanes) is 1. The summed E-state index contributed by atoms with van der Waals surface area (Å²) in [5.74, 6) is -0.140. The third-order valence-corrected chi connectivity index (χ3v) is 2.59. The highest BCUT2D eigenvalue weighted by Gasteiger charge is 1.95. The second kappa shape index (κ2) is 8.57. The molecule has 0 spiro atoms. The molecule has 92 valence electrons. The van der Waals surface area contributed by atoms with Crippen LogP contribution in [0, 0.1) is 0 Å². The van der Waals surface area contributed by atoms with E-state index in [-0.39, 0.29) is 5.97 Å². The van der Waals surface area contributed by atoms with E-state index >= 15 is 0 Å². The molecule has 1 aromatic rings. The molecular weight excluding hydrogens is 212 g/mol. The van der Waals surface area contributed by atoms with Crippen LogP contribution in [0.1, 0.15) is 31.2 Å². The van der Waals surface area contributed by atoms with Crippen LogP contribution >= 0.6 is 0 Å². The molecule has 0 atom stereocenters. The summed E-state index contributed by atoms with van der Waals surface area (Å²) in [6, 6.07) is 10.5. The van der Waals surface area contributed by atoms with Gasteiger partial charge in [-0.15, -0.1) is 0 Å². The van der Waals surface area contributed by atoms with Crippen molar-refractivity contribution in [2.75, 3.05) is 7.11 Å². The summed E-state index contributed by atoms with van der Waals surface area (Å²) < 4.78 is 4.56. The Kier molecular flexibility index (Phi) is 6.80. The van der Waals surface area contributed by atoms with Crippen LogP contribution in [0.25, 0.3) is 0 Å². The lowest BCUT2D eigenvalue weighted by atomic mass is 10.1. The molecule has 0 unspecified atom stereocenters. The average Bonchev–Trinajstić information content (AvgIpc) is 2.38. The second-order valence-electron chi connectivity index (χ2n) is 3.96. The Labute approximate surface area is 103 Å². The lowest BCUT2D eigenvalue weighted by Crippen LogP contribution is -1.97. The Bertz CT molecular complexity index is 341. The van der Waals surface area contributed by atoms with Crippen molar-refractivity contribution in [2.45, 2.75) is 32.1 Å². The molecule has 0 aliphatic heterocycles. The second-order valence-corrected chi connectivity index (χ2v) is 3.96. The molecule has 0 radical (unpaired) electrons. The van der Waals surface area contributed by atoms with Crippen LogP contribution in [0.15, 0.2) is 42.5 Å². The monoisotopic (exact) mass is 232 g/mol. The van der Waals surface area contributed by atoms with Crippen LogP contribution in [-0.4, -0.2) is 13.1 Å². The number of esters is 1. The van der Waals surface area contributed by atoms with E-state index in [9.17, 15) is 4.79 Å². The van der Waals surface area contributed by atoms with Gasteiger partial charge in [-0.25, -0.2) is 0 Å². The van der Waals surface area contributed by atoms with Crippen LogP contribution in [-0.2, 0) is 16.0 Å². The smallest absolute Gasteiger partial charge is 0.305 e. The van der Waals surface area contributed by atoms with Gasteiger partial charge in [0, 0.05) is 6.42 Å². The Morgan fingerprint density at radius 2 is 1.88 bits per heavy atom. The van der Waals surface area contributed by atoms with Crippen molar-refractivity contribution >= 4 is 5.97 Å². The molecule has 0 saturated heterocycles. The first-order chi connectivity index (χ1) is 8.33. The van der Waals surface area contributed by atoms with Crippen LogP contribution in [0.3, 0.4) is 0 Å². The number of allylic oxidation sites excluding steroid dienone is 2. The van der Waals surface area contributed by atoms with E-state index in [1.807, 2.05) is 6.07 Å². The van der Waals surface area contributed by atoms with Gasteiger partial charge in [-0.2, -0.15) is 0 Å². The highest BCUT2D eigenvalue weighted by atomic mass is 16.5. The zero-order valence-corrected chi connectivity index (χ0v) is 10.4. The van der Waals surface area contributed by atoms with Crippen molar-refractivity contribution in [3.8, 4) is 0 Å². The highest BCUT2D eigenvalue weighted by molar-refractivity contribution is 5.69. The molecule has 2 heteroatoms. The molecule has 1 aromatic carbocycles. The number of methoxy groups -OCH3 is 1. The van der Waals surface area contributed by atoms with Gasteiger partial charge in [0.25, 0.3) is 0 Å². The summed E-state index contributed by atoms with van der Waals surface area (Å²) >= 11 is 0. The van der Waals surface area contributed by atoms with E-state index in [0.29, 0.717) is 6.42 Å². The number of hydrogen-bond donors (Lipinski definition) is 0. The quantitative estimate of drug-likeness (QED) is 0.408. The number of benzene rings is 1. The number of hydrogen-bond acceptors (Lipinski definition) is 2. The summed E-state index contributed by atoms with van der Waals surface area (Å²) in [4.78, 5) is 10.8. The van der Waals surface area contributed by atoms with Crippen molar-refractivity contribution < 1.29 is 9.53 Å². The largest absolute Gasteiger partial charge is 0.469 e. The minimum Gasteiger partial charge on any atom is -0.469 e. The normalized spacial score (nSPS) is 10.6. The van der Waals surface area contributed by atoms with E-state index in [1.165, 1.54) is 12.7 Å². The SMILES string of the molecule is COC(=O)CC/C=C/CCCc1ccccc1. The van der Waals surface area contributed by atoms with Gasteiger partial charge < -0.3 is 4.74 Å². The maximum absolute atomic E-state index is 10.8. The molecule has 0 heterocycles. The zero-order chi connectivity index (χ0) is 12.3. The molecule has 0 aliphatic rings. The molecule has 0 amide bonds. The summed E-state index contributed by atoms with van der Waals surface area (Å²) in [7, 11) is 1.42. The third-order valence-electron chi connectivity index (χ3n) is 2.59. The van der Waals surface area contributed by atoms with Gasteiger partial charge in [-0.1, -0.05) is 42.5 Å². The van der Waals surface area contributed by atoms with Crippen molar-refractivity contribution in [1.82, 2.24) is 0 Å². The first-order valence-corrected chi connectivity index (χ1v) is 6.08. The van der Waals surface area contributed by atoms with Crippen molar-refractivity contribution in [1.29, 1.82) is 0 Å². The van der Waals surface area contributed by atoms with E-state index in [0.717, 1.165) is 25.7 Å². The maximum Gasteiger partial charge on any atom is 0.305 e. The summed E-state index contributed by atoms with van der Waals surface area (Å²) in [6.07, 6.45) is 8.79. The summed E-state index contributed by atoms with van der Waals surface area (Å²) in [6.45, 7) is 0. The molecule has 17 heavy (non-hydrogen) atoms. The van der Waals surface area contributed by atoms with E-state index < -0.39 is 0 Å². The lowest BCUT2D eigenvalue weighted by Gasteiger charge is -1.98. The molecule has 0 saturated carbocycles. The number of aryl methyl sites for hydroxylation is 1. The summed E-state index contributed by atoms with van der Waals surface area (Å²) in [5, 5.41) is 0. The van der Waals surface area contributed by atoms with Gasteiger partial charge in [0.15, 0.2) is 0 Å². The minimum absolute atomic E-state index is 0.140. The average molecular weight is 232 g/mol. The number of ether oxygens (including phenoxy) is 1. The topological polar surface area (TPSA) is 26.3 Å². The van der Waals surface area contributed by atoms with Crippen LogP contribution < -0.4 is 0 Å². The van der Waals surface area contributed by atoms with Crippen molar-refractivity contribution in [3.05, 3.63) is 48.0 Å². The Balaban J connectivity index is 2.04. The summed E-state index contributed by atoms with van der Waals surface area (Å²) in [5.41, 5.74) is 1.38. The molecule has 1 rings (SSSR count). The van der Waals surface area contributed by atoms with Gasteiger partial charge in [-0.05, 0) is 31.2 Å². The van der Waals surface area contributed by atoms with Gasteiger partial charge in [0.05, 0.1) is 7.11 Å². The third kappa shape index (κ3) is 6.56. The van der Waals surface area contributed by atoms with Crippen molar-refractivity contribution in [3.63, 3.8) is 0 Å². The van der Waals surface area contributed by atoms with E-state index in [2.05, 4.69) is 41.2 Å². The predicted molar refractivity (Wildman–Crippen MR) is 69.8 cm³/mol. The molecule has 0 bridgehead atoms. The molecule has 0 aliphatic carbocycles. The fourth-order valence-corrected chi connectivity index (χ4v) is 1.61. The fraction of sp³-hybridized carbons (Fsp3) is 0.400. The number of rotatable bonds is 7. The van der Waals surface area contributed by atoms with E-state index in [1.54, 1.807) is 0 Å². The Morgan fingerprint density at radius 3 is 2.59 bits per heavy atom. The van der Waals surface area contributed by atoms with Crippen LogP contribution in [0.4, 0.5) is 0 Å². The van der Waals surface area contributed by atoms with Gasteiger partial charge in [0.2, 0.25) is 0 Å². The van der Waals surface area contributed by atoms with E-state index in [4.69, 9.17) is 0 Å². The highest BCUT2D eigenvalue weighted by Crippen LogP contribution is 2.05. The van der Waals surface area contributed by atoms with Gasteiger partial charge in [-0.3, -0.25) is 4.79 Å². The minimum atomic E-state index is -0.140. The zero-order valence-electron chi connectivity index (χ0n) is 10.4. The first-order valence-electron chi connectivity index (χ1n) is 6.08. The van der Waals surface area contributed by atoms with Crippen LogP contribution in [0.2, 0.25) is 0 Å². The molecule has 0 fully saturated rings. The number of carbonyl (C=O) groups is 1. The molecule has 0 N–H and O–H groups in total.